The van der Waals surface area contributed by atoms with Crippen LogP contribution in [0.2, 0.25) is 0 Å². The number of nitrogens with zero attached hydrogens (tertiary/aromatic N) is 2. The summed E-state index contributed by atoms with van der Waals surface area (Å²) in [4.78, 5) is 14.3. The lowest BCUT2D eigenvalue weighted by Gasteiger charge is -2.26. The predicted molar refractivity (Wildman–Crippen MR) is 117 cm³/mol. The van der Waals surface area contributed by atoms with E-state index in [-0.39, 0.29) is 37.0 Å². The third kappa shape index (κ3) is 6.53. The molecule has 1 saturated heterocycles. The number of rotatable bonds is 7. The number of halogens is 3. The summed E-state index contributed by atoms with van der Waals surface area (Å²) in [6, 6.07) is 9.35. The van der Waals surface area contributed by atoms with Crippen molar-refractivity contribution < 1.29 is 31.1 Å². The van der Waals surface area contributed by atoms with Crippen molar-refractivity contribution in [2.75, 3.05) is 45.2 Å². The number of anilines is 1. The molecule has 3 rings (SSSR count). The highest BCUT2D eigenvalue weighted by atomic mass is 32.2. The van der Waals surface area contributed by atoms with Crippen molar-refractivity contribution in [3.63, 3.8) is 0 Å². The average Bonchev–Trinajstić information content (AvgIpc) is 2.75. The van der Waals surface area contributed by atoms with Crippen LogP contribution in [0.15, 0.2) is 47.4 Å². The van der Waals surface area contributed by atoms with Crippen LogP contribution in [0.3, 0.4) is 0 Å². The van der Waals surface area contributed by atoms with E-state index in [2.05, 4.69) is 5.32 Å². The topological polar surface area (TPSA) is 79.0 Å². The van der Waals surface area contributed by atoms with Gasteiger partial charge in [0.2, 0.25) is 15.9 Å². The molecule has 2 aromatic rings. The summed E-state index contributed by atoms with van der Waals surface area (Å²) < 4.78 is 70.4. The van der Waals surface area contributed by atoms with Crippen LogP contribution in [-0.4, -0.2) is 63.4 Å². The van der Waals surface area contributed by atoms with Gasteiger partial charge in [-0.15, -0.1) is 0 Å². The van der Waals surface area contributed by atoms with Gasteiger partial charge in [-0.2, -0.15) is 17.5 Å². The van der Waals surface area contributed by atoms with E-state index in [0.717, 1.165) is 12.1 Å². The van der Waals surface area contributed by atoms with Crippen LogP contribution in [0.1, 0.15) is 16.7 Å². The molecule has 1 heterocycles. The average molecular weight is 486 g/mol. The van der Waals surface area contributed by atoms with E-state index in [1.165, 1.54) is 28.6 Å². The fourth-order valence-electron chi connectivity index (χ4n) is 3.43. The molecule has 7 nitrogen and oxygen atoms in total. The van der Waals surface area contributed by atoms with Gasteiger partial charge in [0, 0.05) is 25.3 Å². The van der Waals surface area contributed by atoms with Gasteiger partial charge >= 0.3 is 6.18 Å². The molecule has 0 saturated carbocycles. The third-order valence-electron chi connectivity index (χ3n) is 5.24. The Morgan fingerprint density at radius 2 is 1.76 bits per heavy atom. The zero-order valence-electron chi connectivity index (χ0n) is 18.4. The van der Waals surface area contributed by atoms with E-state index >= 15 is 0 Å². The van der Waals surface area contributed by atoms with Crippen molar-refractivity contribution in [1.29, 1.82) is 0 Å². The van der Waals surface area contributed by atoms with E-state index in [1.54, 1.807) is 24.9 Å². The number of aryl methyl sites for hydroxylation is 1. The van der Waals surface area contributed by atoms with Crippen molar-refractivity contribution in [2.45, 2.75) is 24.5 Å². The molecule has 0 unspecified atom stereocenters. The molecule has 0 aromatic heterocycles. The number of nitrogens with one attached hydrogen (secondary N) is 1. The Balaban J connectivity index is 1.63. The van der Waals surface area contributed by atoms with Crippen LogP contribution < -0.4 is 5.32 Å². The number of alkyl halides is 3. The highest BCUT2D eigenvalue weighted by Crippen LogP contribution is 2.29. The number of amides is 1. The Morgan fingerprint density at radius 1 is 1.12 bits per heavy atom. The Bertz CT molecular complexity index is 1080. The monoisotopic (exact) mass is 485 g/mol. The molecule has 180 valence electrons. The molecule has 1 aliphatic heterocycles. The lowest BCUT2D eigenvalue weighted by Crippen LogP contribution is -2.40. The summed E-state index contributed by atoms with van der Waals surface area (Å²) in [6.07, 6.45) is -4.40. The van der Waals surface area contributed by atoms with E-state index in [9.17, 15) is 26.4 Å². The second-order valence-electron chi connectivity index (χ2n) is 7.91. The molecular weight excluding hydrogens is 459 g/mol. The van der Waals surface area contributed by atoms with Gasteiger partial charge in [0.05, 0.1) is 30.2 Å². The molecule has 1 fully saturated rings. The zero-order chi connectivity index (χ0) is 24.2. The molecular formula is C22H26F3N3O4S. The highest BCUT2D eigenvalue weighted by Gasteiger charge is 2.30. The van der Waals surface area contributed by atoms with Gasteiger partial charge in [-0.05, 0) is 49.4 Å². The van der Waals surface area contributed by atoms with E-state index in [0.29, 0.717) is 30.0 Å². The fraction of sp³-hybridized carbons (Fsp3) is 0.409. The summed E-state index contributed by atoms with van der Waals surface area (Å²) in [6.45, 7) is 3.21. The fourth-order valence-corrected chi connectivity index (χ4v) is 4.87. The second kappa shape index (κ2) is 10.2. The van der Waals surface area contributed by atoms with Crippen molar-refractivity contribution in [2.24, 2.45) is 0 Å². The largest absolute Gasteiger partial charge is 0.416 e. The molecule has 0 aliphatic carbocycles. The molecule has 33 heavy (non-hydrogen) atoms. The first-order valence-electron chi connectivity index (χ1n) is 10.3. The standard InChI is InChI=1S/C22H26F3N3O4S/c1-16-3-8-19(33(30,31)28-9-11-32-12-10-28)13-20(16)26-21(29)15-27(2)14-17-4-6-18(7-5-17)22(23,24)25/h3-8,13H,9-12,14-15H2,1-2H3,(H,26,29). The van der Waals surface area contributed by atoms with Crippen molar-refractivity contribution >= 4 is 21.6 Å². The highest BCUT2D eigenvalue weighted by molar-refractivity contribution is 7.89. The number of carbonyl (C=O) groups excluding carboxylic acids is 1. The number of morpholine rings is 1. The summed E-state index contributed by atoms with van der Waals surface area (Å²) >= 11 is 0. The van der Waals surface area contributed by atoms with E-state index in [4.69, 9.17) is 4.74 Å². The van der Waals surface area contributed by atoms with Gasteiger partial charge in [0.1, 0.15) is 0 Å². The van der Waals surface area contributed by atoms with Crippen LogP contribution in [0.25, 0.3) is 0 Å². The van der Waals surface area contributed by atoms with Crippen molar-refractivity contribution in [3.8, 4) is 0 Å². The Morgan fingerprint density at radius 3 is 2.36 bits per heavy atom. The van der Waals surface area contributed by atoms with Gasteiger partial charge in [-0.3, -0.25) is 9.69 Å². The number of hydrogen-bond donors (Lipinski definition) is 1. The minimum Gasteiger partial charge on any atom is -0.379 e. The third-order valence-corrected chi connectivity index (χ3v) is 7.13. The molecule has 0 spiro atoms. The Labute approximate surface area is 191 Å². The number of likely N-dealkylation sites (N-methyl/N-ethyl adjacent to an activating group) is 1. The molecule has 0 bridgehead atoms. The zero-order valence-corrected chi connectivity index (χ0v) is 19.2. The lowest BCUT2D eigenvalue weighted by molar-refractivity contribution is -0.137. The van der Waals surface area contributed by atoms with Crippen LogP contribution in [0, 0.1) is 6.92 Å². The maximum Gasteiger partial charge on any atom is 0.416 e. The van der Waals surface area contributed by atoms with Crippen LogP contribution in [0.4, 0.5) is 18.9 Å². The van der Waals surface area contributed by atoms with Crippen molar-refractivity contribution in [3.05, 3.63) is 59.2 Å². The number of sulfonamides is 1. The van der Waals surface area contributed by atoms with Gasteiger partial charge in [-0.1, -0.05) is 18.2 Å². The predicted octanol–water partition coefficient (Wildman–Crippen LogP) is 3.11. The molecule has 0 atom stereocenters. The van der Waals surface area contributed by atoms with Crippen molar-refractivity contribution in [1.82, 2.24) is 9.21 Å². The Kier molecular flexibility index (Phi) is 7.78. The first-order chi connectivity index (χ1) is 15.5. The van der Waals surface area contributed by atoms with E-state index in [1.807, 2.05) is 0 Å². The van der Waals surface area contributed by atoms with E-state index < -0.39 is 21.8 Å². The quantitative estimate of drug-likeness (QED) is 0.652. The summed E-state index contributed by atoms with van der Waals surface area (Å²) in [5.74, 6) is -0.367. The van der Waals surface area contributed by atoms with Gasteiger partial charge in [0.15, 0.2) is 0 Å². The van der Waals surface area contributed by atoms with Crippen LogP contribution in [-0.2, 0) is 32.3 Å². The maximum absolute atomic E-state index is 12.9. The lowest BCUT2D eigenvalue weighted by atomic mass is 10.1. The van der Waals surface area contributed by atoms with Gasteiger partial charge < -0.3 is 10.1 Å². The Hall–Kier alpha value is -2.47. The summed E-state index contributed by atoms with van der Waals surface area (Å²) in [5, 5.41) is 2.73. The molecule has 1 amide bonds. The number of carbonyl (C=O) groups is 1. The maximum atomic E-state index is 12.9. The summed E-state index contributed by atoms with van der Waals surface area (Å²) in [7, 11) is -2.03. The van der Waals surface area contributed by atoms with Gasteiger partial charge in [0.25, 0.3) is 0 Å². The van der Waals surface area contributed by atoms with Gasteiger partial charge in [-0.25, -0.2) is 8.42 Å². The summed E-state index contributed by atoms with van der Waals surface area (Å²) in [5.41, 5.74) is 0.994. The molecule has 1 aliphatic rings. The number of hydrogen-bond acceptors (Lipinski definition) is 5. The normalized spacial score (nSPS) is 15.6. The molecule has 11 heteroatoms. The smallest absolute Gasteiger partial charge is 0.379 e. The second-order valence-corrected chi connectivity index (χ2v) is 9.85. The minimum atomic E-state index is -4.40. The SMILES string of the molecule is Cc1ccc(S(=O)(=O)N2CCOCC2)cc1NC(=O)CN(C)Cc1ccc(C(F)(F)F)cc1. The molecule has 1 N–H and O–H groups in total. The molecule has 2 aromatic carbocycles. The first-order valence-corrected chi connectivity index (χ1v) is 11.7. The number of ether oxygens (including phenoxy) is 1. The number of benzene rings is 2. The minimum absolute atomic E-state index is 0.0269. The first kappa shape index (κ1) is 25.2. The van der Waals surface area contributed by atoms with Crippen LogP contribution in [0.5, 0.6) is 0 Å². The molecule has 0 radical (unpaired) electrons. The van der Waals surface area contributed by atoms with Crippen LogP contribution >= 0.6 is 0 Å².